The van der Waals surface area contributed by atoms with Crippen LogP contribution in [0.5, 0.6) is 0 Å². The van der Waals surface area contributed by atoms with Gasteiger partial charge < -0.3 is 5.11 Å². The Morgan fingerprint density at radius 1 is 1.08 bits per heavy atom. The Morgan fingerprint density at radius 2 is 1.62 bits per heavy atom. The first-order chi connectivity index (χ1) is 11.3. The lowest BCUT2D eigenvalue weighted by molar-refractivity contribution is -0.208. The zero-order valence-corrected chi connectivity index (χ0v) is 12.7. The van der Waals surface area contributed by atoms with Gasteiger partial charge in [0.25, 0.3) is 0 Å². The van der Waals surface area contributed by atoms with Crippen molar-refractivity contribution in [2.75, 3.05) is 19.6 Å². The molecular weight excluding hydrogens is 325 g/mol. The van der Waals surface area contributed by atoms with E-state index in [0.29, 0.717) is 24.5 Å². The lowest BCUT2D eigenvalue weighted by atomic mass is 10.00. The number of nitrogens with zero attached hydrogens (tertiary/aromatic N) is 2. The van der Waals surface area contributed by atoms with Crippen LogP contribution in [0.4, 0.5) is 13.2 Å². The number of rotatable bonds is 4. The molecule has 3 atom stereocenters. The van der Waals surface area contributed by atoms with Crippen LogP contribution in [0, 0.1) is 11.8 Å². The topological polar surface area (TPSA) is 60.9 Å². The number of carbonyl (C=O) groups is 2. The lowest BCUT2D eigenvalue weighted by Crippen LogP contribution is -2.45. The largest absolute Gasteiger partial charge is 0.416 e. The molecule has 2 heterocycles. The molecule has 24 heavy (non-hydrogen) atoms. The number of amides is 2. The van der Waals surface area contributed by atoms with Gasteiger partial charge >= 0.3 is 6.18 Å². The summed E-state index contributed by atoms with van der Waals surface area (Å²) < 4.78 is 37.3. The standard InChI is InChI=1S/C16H17F3N2O3/c17-16(18,19)13(22)9-21-14(23)11-7-20(8-12(11)15(21)24)6-10-4-2-1-3-5-10/h1-5,11-13,22H,6-9H2/t11-,12+,13-/m0/s1. The predicted molar refractivity (Wildman–Crippen MR) is 77.5 cm³/mol. The second kappa shape index (κ2) is 6.18. The van der Waals surface area contributed by atoms with Gasteiger partial charge in [-0.05, 0) is 5.56 Å². The first-order valence-electron chi connectivity index (χ1n) is 7.63. The summed E-state index contributed by atoms with van der Waals surface area (Å²) in [6.07, 6.45) is -7.55. The number of imide groups is 1. The quantitative estimate of drug-likeness (QED) is 0.831. The molecule has 2 fully saturated rings. The third-order valence-corrected chi connectivity index (χ3v) is 4.54. The van der Waals surface area contributed by atoms with Crippen LogP contribution in [0.1, 0.15) is 5.56 Å². The zero-order valence-electron chi connectivity index (χ0n) is 12.7. The van der Waals surface area contributed by atoms with E-state index in [0.717, 1.165) is 5.56 Å². The van der Waals surface area contributed by atoms with Crippen molar-refractivity contribution in [2.24, 2.45) is 11.8 Å². The Labute approximate surface area is 136 Å². The van der Waals surface area contributed by atoms with Crippen molar-refractivity contribution in [1.29, 1.82) is 0 Å². The minimum atomic E-state index is -4.85. The van der Waals surface area contributed by atoms with Crippen molar-refractivity contribution in [1.82, 2.24) is 9.80 Å². The fourth-order valence-electron chi connectivity index (χ4n) is 3.32. The highest BCUT2D eigenvalue weighted by Crippen LogP contribution is 2.35. The van der Waals surface area contributed by atoms with E-state index < -0.39 is 42.5 Å². The summed E-state index contributed by atoms with van der Waals surface area (Å²) in [6, 6.07) is 9.54. The summed E-state index contributed by atoms with van der Waals surface area (Å²) in [5, 5.41) is 9.11. The number of hydrogen-bond acceptors (Lipinski definition) is 4. The van der Waals surface area contributed by atoms with E-state index in [4.69, 9.17) is 5.11 Å². The molecule has 1 aromatic rings. The Kier molecular flexibility index (Phi) is 4.35. The summed E-state index contributed by atoms with van der Waals surface area (Å²) in [5.74, 6) is -2.49. The normalized spacial score (nSPS) is 26.1. The summed E-state index contributed by atoms with van der Waals surface area (Å²) in [5.41, 5.74) is 1.04. The number of benzene rings is 1. The summed E-state index contributed by atoms with van der Waals surface area (Å²) in [7, 11) is 0. The van der Waals surface area contributed by atoms with Gasteiger partial charge in [0.15, 0.2) is 6.10 Å². The fraction of sp³-hybridized carbons (Fsp3) is 0.500. The molecule has 5 nitrogen and oxygen atoms in total. The molecular formula is C16H17F3N2O3. The summed E-state index contributed by atoms with van der Waals surface area (Å²) in [4.78, 5) is 27.0. The monoisotopic (exact) mass is 342 g/mol. The van der Waals surface area contributed by atoms with Crippen LogP contribution in [0.2, 0.25) is 0 Å². The van der Waals surface area contributed by atoms with Gasteiger partial charge in [-0.3, -0.25) is 19.4 Å². The van der Waals surface area contributed by atoms with Gasteiger partial charge in [0, 0.05) is 19.6 Å². The van der Waals surface area contributed by atoms with E-state index >= 15 is 0 Å². The third kappa shape index (κ3) is 3.16. The Morgan fingerprint density at radius 3 is 2.12 bits per heavy atom. The van der Waals surface area contributed by atoms with Crippen LogP contribution in [0.3, 0.4) is 0 Å². The maximum absolute atomic E-state index is 12.4. The number of β-amino-alcohol motifs (C(OH)–C–C–N with tert-alkyl or cyclic N) is 1. The second-order valence-corrected chi connectivity index (χ2v) is 6.24. The number of aliphatic hydroxyl groups is 1. The van der Waals surface area contributed by atoms with Crippen LogP contribution in [-0.2, 0) is 16.1 Å². The molecule has 1 aromatic carbocycles. The fourth-order valence-corrected chi connectivity index (χ4v) is 3.32. The summed E-state index contributed by atoms with van der Waals surface area (Å²) in [6.45, 7) is 0.234. The molecule has 2 aliphatic heterocycles. The molecule has 2 saturated heterocycles. The number of likely N-dealkylation sites (tertiary alicyclic amines) is 2. The van der Waals surface area contributed by atoms with Crippen molar-refractivity contribution in [3.8, 4) is 0 Å². The van der Waals surface area contributed by atoms with E-state index in [1.54, 1.807) is 0 Å². The number of halogens is 3. The van der Waals surface area contributed by atoms with Gasteiger partial charge in [-0.2, -0.15) is 13.2 Å². The van der Waals surface area contributed by atoms with Crippen LogP contribution < -0.4 is 0 Å². The van der Waals surface area contributed by atoms with Crippen molar-refractivity contribution in [3.63, 3.8) is 0 Å². The van der Waals surface area contributed by atoms with E-state index in [1.165, 1.54) is 0 Å². The number of carbonyl (C=O) groups excluding carboxylic acids is 2. The first kappa shape index (κ1) is 16.9. The molecule has 2 aliphatic rings. The van der Waals surface area contributed by atoms with Crippen molar-refractivity contribution >= 4 is 11.8 Å². The number of alkyl halides is 3. The first-order valence-corrected chi connectivity index (χ1v) is 7.63. The van der Waals surface area contributed by atoms with Crippen molar-refractivity contribution in [2.45, 2.75) is 18.8 Å². The van der Waals surface area contributed by atoms with Gasteiger partial charge in [-0.25, -0.2) is 0 Å². The molecule has 0 aliphatic carbocycles. The van der Waals surface area contributed by atoms with Crippen LogP contribution in [0.25, 0.3) is 0 Å². The molecule has 0 saturated carbocycles. The maximum Gasteiger partial charge on any atom is 0.416 e. The van der Waals surface area contributed by atoms with Gasteiger partial charge in [0.05, 0.1) is 18.4 Å². The van der Waals surface area contributed by atoms with Gasteiger partial charge in [0.2, 0.25) is 11.8 Å². The second-order valence-electron chi connectivity index (χ2n) is 6.24. The maximum atomic E-state index is 12.4. The molecule has 0 radical (unpaired) electrons. The van der Waals surface area contributed by atoms with E-state index in [2.05, 4.69) is 0 Å². The highest BCUT2D eigenvalue weighted by Gasteiger charge is 2.54. The van der Waals surface area contributed by atoms with Crippen molar-refractivity contribution < 1.29 is 27.9 Å². The molecule has 8 heteroatoms. The molecule has 130 valence electrons. The highest BCUT2D eigenvalue weighted by molar-refractivity contribution is 6.05. The van der Waals surface area contributed by atoms with E-state index in [9.17, 15) is 22.8 Å². The minimum absolute atomic E-state index is 0.336. The average molecular weight is 342 g/mol. The van der Waals surface area contributed by atoms with Crippen LogP contribution in [0.15, 0.2) is 30.3 Å². The Hall–Kier alpha value is -1.93. The zero-order chi connectivity index (χ0) is 17.5. The van der Waals surface area contributed by atoms with E-state index in [1.807, 2.05) is 35.2 Å². The Balaban J connectivity index is 1.64. The molecule has 0 spiro atoms. The summed E-state index contributed by atoms with van der Waals surface area (Å²) >= 11 is 0. The lowest BCUT2D eigenvalue weighted by Gasteiger charge is -2.23. The third-order valence-electron chi connectivity index (χ3n) is 4.54. The Bertz CT molecular complexity index is 611. The minimum Gasteiger partial charge on any atom is -0.382 e. The predicted octanol–water partition coefficient (Wildman–Crippen LogP) is 1.03. The smallest absolute Gasteiger partial charge is 0.382 e. The molecule has 1 N–H and O–H groups in total. The molecule has 0 bridgehead atoms. The van der Waals surface area contributed by atoms with Crippen molar-refractivity contribution in [3.05, 3.63) is 35.9 Å². The number of aliphatic hydroxyl groups excluding tert-OH is 1. The van der Waals surface area contributed by atoms with Gasteiger partial charge in [-0.1, -0.05) is 30.3 Å². The number of fused-ring (bicyclic) bond motifs is 1. The molecule has 3 rings (SSSR count). The van der Waals surface area contributed by atoms with E-state index in [-0.39, 0.29) is 0 Å². The van der Waals surface area contributed by atoms with Crippen LogP contribution >= 0.6 is 0 Å². The SMILES string of the molecule is O=C1[C@H]2CN(Cc3ccccc3)C[C@H]2C(=O)N1C[C@H](O)C(F)(F)F. The molecule has 0 unspecified atom stereocenters. The molecule has 2 amide bonds. The average Bonchev–Trinajstić information content (AvgIpc) is 3.02. The molecule has 0 aromatic heterocycles. The number of hydrogen-bond donors (Lipinski definition) is 1. The highest BCUT2D eigenvalue weighted by atomic mass is 19.4. The van der Waals surface area contributed by atoms with Gasteiger partial charge in [0.1, 0.15) is 0 Å². The van der Waals surface area contributed by atoms with Crippen LogP contribution in [-0.4, -0.2) is 58.6 Å². The van der Waals surface area contributed by atoms with Gasteiger partial charge in [-0.15, -0.1) is 0 Å².